The van der Waals surface area contributed by atoms with E-state index in [0.717, 1.165) is 11.1 Å². The molecule has 0 amide bonds. The molecule has 1 rings (SSSR count). The molecule has 0 saturated heterocycles. The van der Waals surface area contributed by atoms with Gasteiger partial charge in [0.1, 0.15) is 0 Å². The fraction of sp³-hybridized carbons (Fsp3) is 0.500. The smallest absolute Gasteiger partial charge is 0.158 e. The molecule has 0 saturated carbocycles. The molecule has 0 aliphatic heterocycles. The highest BCUT2D eigenvalue weighted by atomic mass is 16.3. The van der Waals surface area contributed by atoms with Gasteiger partial charge in [0.25, 0.3) is 0 Å². The van der Waals surface area contributed by atoms with Gasteiger partial charge in [-0.1, -0.05) is 6.07 Å². The summed E-state index contributed by atoms with van der Waals surface area (Å²) in [5, 5.41) is 14.0. The Bertz CT molecular complexity index is 374. The first kappa shape index (κ1) is 10.8. The lowest BCUT2D eigenvalue weighted by atomic mass is 10.0. The van der Waals surface area contributed by atoms with Crippen molar-refractivity contribution in [3.8, 4) is 0 Å². The standard InChI is InChI=1S/C10H17N3O/c1-10(2,14)8-6-5-7-13(4)9(8)12-11-3/h5-7,11,14H,1-4H3/b12-9-. The van der Waals surface area contributed by atoms with Gasteiger partial charge >= 0.3 is 0 Å². The first-order valence-electron chi connectivity index (χ1n) is 4.56. The normalized spacial score (nSPS) is 13.1. The second-order valence-electron chi connectivity index (χ2n) is 3.75. The van der Waals surface area contributed by atoms with E-state index in [1.807, 2.05) is 29.9 Å². The average molecular weight is 195 g/mol. The van der Waals surface area contributed by atoms with Crippen LogP contribution in [0.4, 0.5) is 0 Å². The molecule has 4 heteroatoms. The number of nitrogens with one attached hydrogen (secondary N) is 1. The van der Waals surface area contributed by atoms with E-state index in [0.29, 0.717) is 0 Å². The number of aromatic nitrogens is 1. The van der Waals surface area contributed by atoms with Crippen LogP contribution in [0.3, 0.4) is 0 Å². The van der Waals surface area contributed by atoms with Gasteiger partial charge in [0.05, 0.1) is 5.60 Å². The second kappa shape index (κ2) is 3.84. The SMILES string of the molecule is CN/N=c1/c(C(C)(C)O)cccn1C. The quantitative estimate of drug-likeness (QED) is 0.666. The maximum atomic E-state index is 9.92. The van der Waals surface area contributed by atoms with Crippen LogP contribution >= 0.6 is 0 Å². The number of pyridine rings is 1. The van der Waals surface area contributed by atoms with Crippen LogP contribution < -0.4 is 10.9 Å². The molecule has 0 bridgehead atoms. The first-order chi connectivity index (χ1) is 6.46. The van der Waals surface area contributed by atoms with Crippen molar-refractivity contribution in [2.24, 2.45) is 12.1 Å². The summed E-state index contributed by atoms with van der Waals surface area (Å²) >= 11 is 0. The molecule has 0 spiro atoms. The third-order valence-corrected chi connectivity index (χ3v) is 2.02. The van der Waals surface area contributed by atoms with Gasteiger partial charge in [-0.05, 0) is 19.9 Å². The summed E-state index contributed by atoms with van der Waals surface area (Å²) in [4.78, 5) is 0. The van der Waals surface area contributed by atoms with E-state index in [1.54, 1.807) is 20.9 Å². The lowest BCUT2D eigenvalue weighted by molar-refractivity contribution is 0.0761. The van der Waals surface area contributed by atoms with E-state index >= 15 is 0 Å². The van der Waals surface area contributed by atoms with Crippen molar-refractivity contribution in [2.75, 3.05) is 7.05 Å². The zero-order valence-electron chi connectivity index (χ0n) is 9.07. The summed E-state index contributed by atoms with van der Waals surface area (Å²) in [6, 6.07) is 3.76. The van der Waals surface area contributed by atoms with Gasteiger partial charge in [0.2, 0.25) is 0 Å². The molecule has 14 heavy (non-hydrogen) atoms. The second-order valence-corrected chi connectivity index (χ2v) is 3.75. The predicted octanol–water partition coefficient (Wildman–Crippen LogP) is 0.288. The Balaban J connectivity index is 3.45. The molecule has 2 N–H and O–H groups in total. The van der Waals surface area contributed by atoms with Crippen LogP contribution in [-0.2, 0) is 12.6 Å². The number of rotatable bonds is 2. The van der Waals surface area contributed by atoms with Gasteiger partial charge < -0.3 is 15.1 Å². The summed E-state index contributed by atoms with van der Waals surface area (Å²) in [6.07, 6.45) is 1.89. The van der Waals surface area contributed by atoms with E-state index in [1.165, 1.54) is 0 Å². The Kier molecular flexibility index (Phi) is 2.96. The Hall–Kier alpha value is -1.29. The van der Waals surface area contributed by atoms with E-state index in [2.05, 4.69) is 10.5 Å². The average Bonchev–Trinajstić information content (AvgIpc) is 2.07. The minimum atomic E-state index is -0.880. The molecule has 0 unspecified atom stereocenters. The van der Waals surface area contributed by atoms with Gasteiger partial charge in [0, 0.05) is 25.9 Å². The third-order valence-electron chi connectivity index (χ3n) is 2.02. The number of aliphatic hydroxyl groups is 1. The number of hydrogen-bond donors (Lipinski definition) is 2. The Morgan fingerprint density at radius 2 is 2.14 bits per heavy atom. The molecule has 0 aliphatic rings. The highest BCUT2D eigenvalue weighted by molar-refractivity contribution is 5.16. The first-order valence-corrected chi connectivity index (χ1v) is 4.56. The van der Waals surface area contributed by atoms with Crippen LogP contribution in [0.1, 0.15) is 19.4 Å². The van der Waals surface area contributed by atoms with Crippen molar-refractivity contribution >= 4 is 0 Å². The summed E-state index contributed by atoms with van der Waals surface area (Å²) in [7, 11) is 3.63. The molecule has 4 nitrogen and oxygen atoms in total. The molecule has 1 aromatic heterocycles. The van der Waals surface area contributed by atoms with Gasteiger partial charge in [-0.2, -0.15) is 5.10 Å². The number of nitrogens with zero attached hydrogens (tertiary/aromatic N) is 2. The van der Waals surface area contributed by atoms with Gasteiger partial charge in [-0.25, -0.2) is 0 Å². The summed E-state index contributed by atoms with van der Waals surface area (Å²) in [6.45, 7) is 3.49. The Morgan fingerprint density at radius 3 is 2.64 bits per heavy atom. The number of hydrogen-bond acceptors (Lipinski definition) is 3. The van der Waals surface area contributed by atoms with Gasteiger partial charge in [0.15, 0.2) is 5.49 Å². The van der Waals surface area contributed by atoms with Crippen molar-refractivity contribution in [3.63, 3.8) is 0 Å². The molecule has 78 valence electrons. The molecule has 0 radical (unpaired) electrons. The fourth-order valence-electron chi connectivity index (χ4n) is 1.33. The fourth-order valence-corrected chi connectivity index (χ4v) is 1.33. The molecular formula is C10H17N3O. The molecule has 0 atom stereocenters. The van der Waals surface area contributed by atoms with Crippen LogP contribution in [-0.4, -0.2) is 16.7 Å². The van der Waals surface area contributed by atoms with Gasteiger partial charge in [-0.15, -0.1) is 0 Å². The van der Waals surface area contributed by atoms with Crippen LogP contribution in [0.15, 0.2) is 23.4 Å². The Labute approximate surface area is 83.9 Å². The highest BCUT2D eigenvalue weighted by Gasteiger charge is 2.18. The monoisotopic (exact) mass is 195 g/mol. The van der Waals surface area contributed by atoms with Crippen molar-refractivity contribution in [3.05, 3.63) is 29.4 Å². The van der Waals surface area contributed by atoms with Crippen molar-refractivity contribution < 1.29 is 5.11 Å². The number of aryl methyl sites for hydroxylation is 1. The maximum Gasteiger partial charge on any atom is 0.158 e. The molecular weight excluding hydrogens is 178 g/mol. The van der Waals surface area contributed by atoms with Gasteiger partial charge in [-0.3, -0.25) is 0 Å². The highest BCUT2D eigenvalue weighted by Crippen LogP contribution is 2.14. The van der Waals surface area contributed by atoms with Crippen molar-refractivity contribution in [1.29, 1.82) is 0 Å². The lowest BCUT2D eigenvalue weighted by Crippen LogP contribution is -2.32. The molecule has 0 fully saturated rings. The van der Waals surface area contributed by atoms with Crippen LogP contribution in [0, 0.1) is 0 Å². The van der Waals surface area contributed by atoms with E-state index < -0.39 is 5.60 Å². The summed E-state index contributed by atoms with van der Waals surface area (Å²) in [5.74, 6) is 0. The largest absolute Gasteiger partial charge is 0.386 e. The molecule has 0 aromatic carbocycles. The topological polar surface area (TPSA) is 49.6 Å². The van der Waals surface area contributed by atoms with Crippen LogP contribution in [0.25, 0.3) is 0 Å². The van der Waals surface area contributed by atoms with E-state index in [4.69, 9.17) is 0 Å². The van der Waals surface area contributed by atoms with E-state index in [-0.39, 0.29) is 0 Å². The summed E-state index contributed by atoms with van der Waals surface area (Å²) in [5.41, 5.74) is 3.39. The minimum Gasteiger partial charge on any atom is -0.386 e. The zero-order valence-corrected chi connectivity index (χ0v) is 9.07. The molecule has 1 heterocycles. The van der Waals surface area contributed by atoms with Crippen LogP contribution in [0.5, 0.6) is 0 Å². The summed E-state index contributed by atoms with van der Waals surface area (Å²) < 4.78 is 1.86. The van der Waals surface area contributed by atoms with E-state index in [9.17, 15) is 5.11 Å². The lowest BCUT2D eigenvalue weighted by Gasteiger charge is -2.18. The van der Waals surface area contributed by atoms with Crippen LogP contribution in [0.2, 0.25) is 0 Å². The maximum absolute atomic E-state index is 9.92. The minimum absolute atomic E-state index is 0.738. The predicted molar refractivity (Wildman–Crippen MR) is 55.3 cm³/mol. The molecule has 1 aromatic rings. The zero-order chi connectivity index (χ0) is 10.8. The van der Waals surface area contributed by atoms with Crippen molar-refractivity contribution in [1.82, 2.24) is 9.99 Å². The molecule has 0 aliphatic carbocycles. The Morgan fingerprint density at radius 1 is 1.50 bits per heavy atom. The van der Waals surface area contributed by atoms with Crippen molar-refractivity contribution in [2.45, 2.75) is 19.4 Å². The third kappa shape index (κ3) is 2.14.